The molecular weight excluding hydrogens is 374 g/mol. The summed E-state index contributed by atoms with van der Waals surface area (Å²) >= 11 is 0. The van der Waals surface area contributed by atoms with Crippen LogP contribution in [0.5, 0.6) is 0 Å². The molecule has 156 valence electrons. The highest BCUT2D eigenvalue weighted by Crippen LogP contribution is 2.36. The maximum atomic E-state index is 12.6. The molecule has 2 N–H and O–H groups in total. The molecule has 2 aliphatic heterocycles. The second-order valence-electron chi connectivity index (χ2n) is 7.01. The van der Waals surface area contributed by atoms with Gasteiger partial charge < -0.3 is 19.9 Å². The number of rotatable bonds is 7. The molecule has 2 saturated heterocycles. The van der Waals surface area contributed by atoms with Crippen molar-refractivity contribution < 1.29 is 29.0 Å². The number of Topliss-reactive ketones (excluding diaryl/α,β-unsaturated/α-hetero) is 1. The van der Waals surface area contributed by atoms with E-state index in [1.807, 2.05) is 13.0 Å². The predicted octanol–water partition coefficient (Wildman–Crippen LogP) is 1.90. The zero-order chi connectivity index (χ0) is 21.6. The van der Waals surface area contributed by atoms with Crippen molar-refractivity contribution >= 4 is 17.7 Å². The standard InChI is InChI=1S/C22H27NO6/c1-5-16(21(26)28-4)13-14(2)9-7-6-8-10-15(3)18(24)17-19-22(27,11-12-29-19)23-20(17)25/h5-10,13,17,19,27H,11-12H2,1-4H3,(H,23,25). The van der Waals surface area contributed by atoms with Crippen molar-refractivity contribution in [3.05, 3.63) is 59.3 Å². The van der Waals surface area contributed by atoms with Crippen molar-refractivity contribution in [1.29, 1.82) is 0 Å². The number of hydrogen-bond acceptors (Lipinski definition) is 6. The van der Waals surface area contributed by atoms with Crippen LogP contribution in [0.15, 0.2) is 59.3 Å². The fourth-order valence-electron chi connectivity index (χ4n) is 3.28. The number of nitrogens with one attached hydrogen (secondary N) is 1. The lowest BCUT2D eigenvalue weighted by atomic mass is 9.91. The highest BCUT2D eigenvalue weighted by Gasteiger charge is 2.58. The van der Waals surface area contributed by atoms with Crippen LogP contribution in [0, 0.1) is 5.92 Å². The van der Waals surface area contributed by atoms with Crippen LogP contribution in [0.1, 0.15) is 27.2 Å². The third-order valence-corrected chi connectivity index (χ3v) is 4.89. The maximum Gasteiger partial charge on any atom is 0.337 e. The molecule has 2 fully saturated rings. The Hall–Kier alpha value is -2.77. The number of carbonyl (C=O) groups excluding carboxylic acids is 3. The smallest absolute Gasteiger partial charge is 0.337 e. The number of allylic oxidation sites excluding steroid dienone is 8. The van der Waals surface area contributed by atoms with Crippen LogP contribution in [0.25, 0.3) is 0 Å². The minimum atomic E-state index is -1.45. The van der Waals surface area contributed by atoms with E-state index in [9.17, 15) is 19.5 Å². The molecule has 3 atom stereocenters. The third kappa shape index (κ3) is 5.19. The molecule has 1 amide bonds. The number of aliphatic hydroxyl groups is 1. The SMILES string of the molecule is CC=C(C=C(C)C=CC=CC=C(C)C(=O)C1C(=O)NC2(O)CCOC12)C(=O)OC. The zero-order valence-corrected chi connectivity index (χ0v) is 17.1. The lowest BCUT2D eigenvalue weighted by molar-refractivity contribution is -0.136. The van der Waals surface area contributed by atoms with Gasteiger partial charge in [0, 0.05) is 6.42 Å². The molecular formula is C22H27NO6. The molecule has 0 radical (unpaired) electrons. The monoisotopic (exact) mass is 401 g/mol. The van der Waals surface area contributed by atoms with E-state index < -0.39 is 29.6 Å². The van der Waals surface area contributed by atoms with E-state index in [1.165, 1.54) is 7.11 Å². The Balaban J connectivity index is 1.99. The van der Waals surface area contributed by atoms with E-state index in [4.69, 9.17) is 9.47 Å². The highest BCUT2D eigenvalue weighted by atomic mass is 16.5. The minimum absolute atomic E-state index is 0.276. The van der Waals surface area contributed by atoms with E-state index in [0.29, 0.717) is 17.8 Å². The summed E-state index contributed by atoms with van der Waals surface area (Å²) in [6.45, 7) is 5.53. The van der Waals surface area contributed by atoms with Gasteiger partial charge in [-0.1, -0.05) is 42.0 Å². The van der Waals surface area contributed by atoms with Crippen LogP contribution in [-0.4, -0.2) is 48.3 Å². The lowest BCUT2D eigenvalue weighted by Crippen LogP contribution is -2.45. The first-order valence-corrected chi connectivity index (χ1v) is 9.38. The first-order chi connectivity index (χ1) is 13.7. The Morgan fingerprint density at radius 2 is 2.00 bits per heavy atom. The largest absolute Gasteiger partial charge is 0.465 e. The third-order valence-electron chi connectivity index (χ3n) is 4.89. The van der Waals surface area contributed by atoms with E-state index in [0.717, 1.165) is 5.57 Å². The van der Waals surface area contributed by atoms with Gasteiger partial charge in [0.05, 0.1) is 19.3 Å². The van der Waals surface area contributed by atoms with Crippen LogP contribution in [0.3, 0.4) is 0 Å². The Bertz CT molecular complexity index is 832. The highest BCUT2D eigenvalue weighted by molar-refractivity contribution is 6.11. The number of amides is 1. The first kappa shape index (κ1) is 22.5. The molecule has 0 bridgehead atoms. The molecule has 2 heterocycles. The molecule has 7 nitrogen and oxygen atoms in total. The molecule has 0 saturated carbocycles. The maximum absolute atomic E-state index is 12.6. The predicted molar refractivity (Wildman–Crippen MR) is 108 cm³/mol. The summed E-state index contributed by atoms with van der Waals surface area (Å²) in [7, 11) is 1.33. The summed E-state index contributed by atoms with van der Waals surface area (Å²) in [6.07, 6.45) is 11.4. The van der Waals surface area contributed by atoms with Gasteiger partial charge in [0.25, 0.3) is 0 Å². The van der Waals surface area contributed by atoms with Crippen LogP contribution in [-0.2, 0) is 23.9 Å². The van der Waals surface area contributed by atoms with Gasteiger partial charge in [0.15, 0.2) is 11.5 Å². The van der Waals surface area contributed by atoms with E-state index in [2.05, 4.69) is 5.32 Å². The summed E-state index contributed by atoms with van der Waals surface area (Å²) in [6, 6.07) is 0. The number of carbonyl (C=O) groups is 3. The van der Waals surface area contributed by atoms with Crippen molar-refractivity contribution in [3.63, 3.8) is 0 Å². The normalized spacial score (nSPS) is 28.2. The molecule has 0 aromatic heterocycles. The van der Waals surface area contributed by atoms with Crippen LogP contribution in [0.4, 0.5) is 0 Å². The molecule has 0 spiro atoms. The molecule has 7 heteroatoms. The van der Waals surface area contributed by atoms with E-state index >= 15 is 0 Å². The van der Waals surface area contributed by atoms with Crippen molar-refractivity contribution in [3.8, 4) is 0 Å². The Labute approximate surface area is 170 Å². The average Bonchev–Trinajstić information content (AvgIpc) is 3.16. The lowest BCUT2D eigenvalue weighted by Gasteiger charge is -2.21. The fourth-order valence-corrected chi connectivity index (χ4v) is 3.28. The average molecular weight is 401 g/mol. The molecule has 2 rings (SSSR count). The van der Waals surface area contributed by atoms with Crippen molar-refractivity contribution in [2.45, 2.75) is 39.0 Å². The summed E-state index contributed by atoms with van der Waals surface area (Å²) in [5, 5.41) is 12.8. The quantitative estimate of drug-likeness (QED) is 0.292. The molecule has 0 aliphatic carbocycles. The van der Waals surface area contributed by atoms with Gasteiger partial charge in [-0.15, -0.1) is 0 Å². The molecule has 29 heavy (non-hydrogen) atoms. The molecule has 0 aromatic carbocycles. The van der Waals surface area contributed by atoms with E-state index in [1.54, 1.807) is 50.3 Å². The van der Waals surface area contributed by atoms with Crippen molar-refractivity contribution in [2.24, 2.45) is 5.92 Å². The van der Waals surface area contributed by atoms with Crippen molar-refractivity contribution in [1.82, 2.24) is 5.32 Å². The number of ketones is 1. The Morgan fingerprint density at radius 1 is 1.28 bits per heavy atom. The molecule has 2 aliphatic rings. The number of methoxy groups -OCH3 is 1. The van der Waals surface area contributed by atoms with Gasteiger partial charge >= 0.3 is 5.97 Å². The van der Waals surface area contributed by atoms with Gasteiger partial charge in [0.2, 0.25) is 5.91 Å². The van der Waals surface area contributed by atoms with Gasteiger partial charge in [-0.3, -0.25) is 9.59 Å². The Morgan fingerprint density at radius 3 is 2.66 bits per heavy atom. The Kier molecular flexibility index (Phi) is 7.47. The van der Waals surface area contributed by atoms with E-state index in [-0.39, 0.29) is 12.2 Å². The number of ether oxygens (including phenoxy) is 2. The number of esters is 1. The summed E-state index contributed by atoms with van der Waals surface area (Å²) < 4.78 is 10.1. The van der Waals surface area contributed by atoms with Crippen LogP contribution < -0.4 is 5.32 Å². The fraction of sp³-hybridized carbons (Fsp3) is 0.409. The van der Waals surface area contributed by atoms with Gasteiger partial charge in [0.1, 0.15) is 12.0 Å². The number of hydrogen-bond donors (Lipinski definition) is 2. The molecule has 0 aromatic rings. The topological polar surface area (TPSA) is 102 Å². The zero-order valence-electron chi connectivity index (χ0n) is 17.1. The minimum Gasteiger partial charge on any atom is -0.465 e. The second-order valence-corrected chi connectivity index (χ2v) is 7.01. The van der Waals surface area contributed by atoms with Gasteiger partial charge in [-0.05, 0) is 32.4 Å². The van der Waals surface area contributed by atoms with Gasteiger partial charge in [-0.25, -0.2) is 4.79 Å². The summed E-state index contributed by atoms with van der Waals surface area (Å²) in [5.41, 5.74) is 0.258. The van der Waals surface area contributed by atoms with Gasteiger partial charge in [-0.2, -0.15) is 0 Å². The number of fused-ring (bicyclic) bond motifs is 1. The molecule has 3 unspecified atom stereocenters. The summed E-state index contributed by atoms with van der Waals surface area (Å²) in [5.74, 6) is -2.32. The first-order valence-electron chi connectivity index (χ1n) is 9.38. The second kappa shape index (κ2) is 9.62. The van der Waals surface area contributed by atoms with Crippen molar-refractivity contribution in [2.75, 3.05) is 13.7 Å². The van der Waals surface area contributed by atoms with Crippen LogP contribution >= 0.6 is 0 Å². The summed E-state index contributed by atoms with van der Waals surface area (Å²) in [4.78, 5) is 36.3. The van der Waals surface area contributed by atoms with Crippen LogP contribution in [0.2, 0.25) is 0 Å².